The van der Waals surface area contributed by atoms with E-state index in [-0.39, 0.29) is 23.7 Å². The van der Waals surface area contributed by atoms with E-state index in [4.69, 9.17) is 9.72 Å². The predicted molar refractivity (Wildman–Crippen MR) is 130 cm³/mol. The van der Waals surface area contributed by atoms with Gasteiger partial charge in [-0.1, -0.05) is 6.07 Å². The summed E-state index contributed by atoms with van der Waals surface area (Å²) >= 11 is 0. The Bertz CT molecular complexity index is 1410. The van der Waals surface area contributed by atoms with Crippen molar-refractivity contribution in [1.29, 1.82) is 0 Å². The number of hydrogen-bond acceptors (Lipinski definition) is 5. The van der Waals surface area contributed by atoms with Gasteiger partial charge in [-0.25, -0.2) is 23.5 Å². The van der Waals surface area contributed by atoms with Gasteiger partial charge in [0.1, 0.15) is 24.1 Å². The highest BCUT2D eigenvalue weighted by Gasteiger charge is 2.23. The van der Waals surface area contributed by atoms with Crippen LogP contribution in [0.2, 0.25) is 0 Å². The van der Waals surface area contributed by atoms with Crippen LogP contribution >= 0.6 is 0 Å². The van der Waals surface area contributed by atoms with E-state index in [0.29, 0.717) is 12.4 Å². The number of piperidine rings is 1. The third-order valence-corrected chi connectivity index (χ3v) is 6.73. The summed E-state index contributed by atoms with van der Waals surface area (Å²) in [6.07, 6.45) is 1.85. The van der Waals surface area contributed by atoms with Crippen LogP contribution in [0.3, 0.4) is 0 Å². The van der Waals surface area contributed by atoms with Crippen molar-refractivity contribution >= 4 is 17.0 Å². The molecule has 1 N–H and O–H groups in total. The van der Waals surface area contributed by atoms with E-state index >= 15 is 0 Å². The second-order valence-electron chi connectivity index (χ2n) is 9.07. The van der Waals surface area contributed by atoms with E-state index in [9.17, 15) is 18.7 Å². The van der Waals surface area contributed by atoms with Gasteiger partial charge in [-0.3, -0.25) is 4.90 Å². The molecule has 0 spiro atoms. The molecule has 36 heavy (non-hydrogen) atoms. The van der Waals surface area contributed by atoms with Crippen LogP contribution in [0.4, 0.5) is 8.78 Å². The first-order valence-electron chi connectivity index (χ1n) is 11.8. The van der Waals surface area contributed by atoms with Gasteiger partial charge in [-0.15, -0.1) is 0 Å². The number of nitrogens with zero attached hydrogens (tertiary/aromatic N) is 4. The molecule has 0 unspecified atom stereocenters. The summed E-state index contributed by atoms with van der Waals surface area (Å²) in [4.78, 5) is 23.0. The molecule has 7 nitrogen and oxygen atoms in total. The van der Waals surface area contributed by atoms with Crippen molar-refractivity contribution in [3.8, 4) is 5.88 Å². The molecule has 4 aromatic rings. The first-order valence-corrected chi connectivity index (χ1v) is 11.8. The van der Waals surface area contributed by atoms with Crippen LogP contribution in [-0.4, -0.2) is 43.6 Å². The highest BCUT2D eigenvalue weighted by Crippen LogP contribution is 2.29. The van der Waals surface area contributed by atoms with Gasteiger partial charge >= 0.3 is 5.97 Å². The molecule has 1 saturated heterocycles. The Morgan fingerprint density at radius 1 is 1.08 bits per heavy atom. The van der Waals surface area contributed by atoms with Crippen molar-refractivity contribution in [2.45, 2.75) is 31.9 Å². The van der Waals surface area contributed by atoms with Crippen LogP contribution in [-0.2, 0) is 20.2 Å². The van der Waals surface area contributed by atoms with Gasteiger partial charge in [0.05, 0.1) is 23.1 Å². The second kappa shape index (κ2) is 10.0. The number of pyridine rings is 1. The zero-order valence-corrected chi connectivity index (χ0v) is 19.8. The maximum atomic E-state index is 13.9. The largest absolute Gasteiger partial charge is 0.478 e. The minimum absolute atomic E-state index is 0.0208. The molecule has 186 valence electrons. The first kappa shape index (κ1) is 23.9. The molecule has 0 amide bonds. The van der Waals surface area contributed by atoms with Crippen molar-refractivity contribution in [1.82, 2.24) is 19.4 Å². The zero-order valence-electron chi connectivity index (χ0n) is 19.8. The highest BCUT2D eigenvalue weighted by molar-refractivity contribution is 5.92. The van der Waals surface area contributed by atoms with Crippen LogP contribution in [0.1, 0.15) is 46.2 Å². The average molecular weight is 493 g/mol. The van der Waals surface area contributed by atoms with Crippen molar-refractivity contribution in [2.75, 3.05) is 13.1 Å². The van der Waals surface area contributed by atoms with Gasteiger partial charge in [-0.2, -0.15) is 0 Å². The zero-order chi connectivity index (χ0) is 25.2. The third kappa shape index (κ3) is 5.06. The number of hydrogen-bond donors (Lipinski definition) is 1. The van der Waals surface area contributed by atoms with E-state index in [0.717, 1.165) is 54.5 Å². The minimum Gasteiger partial charge on any atom is -0.478 e. The summed E-state index contributed by atoms with van der Waals surface area (Å²) in [5.74, 6) is -0.613. The van der Waals surface area contributed by atoms with Crippen LogP contribution in [0.5, 0.6) is 5.88 Å². The SMILES string of the molecule is Cn1c(CN2CCC(c3cccc(OCc4ccc(F)cc4F)n3)CC2)nc2ccc(C(=O)O)cc21. The maximum absolute atomic E-state index is 13.9. The molecule has 0 aliphatic carbocycles. The van der Waals surface area contributed by atoms with E-state index in [1.54, 1.807) is 24.3 Å². The van der Waals surface area contributed by atoms with E-state index in [2.05, 4.69) is 9.88 Å². The van der Waals surface area contributed by atoms with Gasteiger partial charge in [0.2, 0.25) is 5.88 Å². The van der Waals surface area contributed by atoms with Gasteiger partial charge < -0.3 is 14.4 Å². The van der Waals surface area contributed by atoms with Gasteiger partial charge in [0.25, 0.3) is 0 Å². The molecule has 1 aliphatic heterocycles. The van der Waals surface area contributed by atoms with Crippen LogP contribution in [0.25, 0.3) is 11.0 Å². The second-order valence-corrected chi connectivity index (χ2v) is 9.07. The number of likely N-dealkylation sites (tertiary alicyclic amines) is 1. The molecular weight excluding hydrogens is 466 g/mol. The standard InChI is InChI=1S/C27H26F2N4O3/c1-32-24-13-18(27(34)35)6-8-23(24)30-25(32)15-33-11-9-17(10-12-33)22-3-2-4-26(31-22)36-16-19-5-7-20(28)14-21(19)29/h2-8,13-14,17H,9-12,15-16H2,1H3,(H,34,35). The number of aryl methyl sites for hydroxylation is 1. The third-order valence-electron chi connectivity index (χ3n) is 6.73. The Labute approximate surface area is 207 Å². The molecule has 0 atom stereocenters. The summed E-state index contributed by atoms with van der Waals surface area (Å²) < 4.78 is 34.6. The number of aromatic nitrogens is 3. The van der Waals surface area contributed by atoms with Crippen molar-refractivity contribution in [3.05, 3.63) is 88.9 Å². The van der Waals surface area contributed by atoms with Gasteiger partial charge in [-0.05, 0) is 62.3 Å². The molecule has 1 aliphatic rings. The van der Waals surface area contributed by atoms with Crippen LogP contribution < -0.4 is 4.74 Å². The van der Waals surface area contributed by atoms with Crippen molar-refractivity contribution in [3.63, 3.8) is 0 Å². The number of carbonyl (C=O) groups is 1. The predicted octanol–water partition coefficient (Wildman–Crippen LogP) is 4.90. The number of carboxylic acid groups (broad SMARTS) is 1. The topological polar surface area (TPSA) is 80.5 Å². The summed E-state index contributed by atoms with van der Waals surface area (Å²) in [6.45, 7) is 2.41. The number of aromatic carboxylic acids is 1. The molecule has 0 radical (unpaired) electrons. The molecule has 5 rings (SSSR count). The molecule has 0 bridgehead atoms. The summed E-state index contributed by atoms with van der Waals surface area (Å²) in [7, 11) is 1.91. The Balaban J connectivity index is 1.20. The molecule has 2 aromatic carbocycles. The summed E-state index contributed by atoms with van der Waals surface area (Å²) in [6, 6.07) is 14.0. The lowest BCUT2D eigenvalue weighted by Crippen LogP contribution is -2.33. The lowest BCUT2D eigenvalue weighted by molar-refractivity contribution is 0.0697. The highest BCUT2D eigenvalue weighted by atomic mass is 19.1. The summed E-state index contributed by atoms with van der Waals surface area (Å²) in [5.41, 5.74) is 3.06. The van der Waals surface area contributed by atoms with Crippen molar-refractivity contribution < 1.29 is 23.4 Å². The van der Waals surface area contributed by atoms with E-state index < -0.39 is 17.6 Å². The first-order chi connectivity index (χ1) is 17.4. The normalized spacial score (nSPS) is 14.9. The van der Waals surface area contributed by atoms with Gasteiger partial charge in [0.15, 0.2) is 0 Å². The number of halogens is 2. The van der Waals surface area contributed by atoms with Crippen LogP contribution in [0.15, 0.2) is 54.6 Å². The lowest BCUT2D eigenvalue weighted by Gasteiger charge is -2.31. The average Bonchev–Trinajstić information content (AvgIpc) is 3.18. The Morgan fingerprint density at radius 2 is 1.89 bits per heavy atom. The molecular formula is C27H26F2N4O3. The van der Waals surface area contributed by atoms with Crippen molar-refractivity contribution in [2.24, 2.45) is 7.05 Å². The van der Waals surface area contributed by atoms with E-state index in [1.165, 1.54) is 12.1 Å². The smallest absolute Gasteiger partial charge is 0.335 e. The number of benzene rings is 2. The monoisotopic (exact) mass is 492 g/mol. The number of ether oxygens (including phenoxy) is 1. The Kier molecular flexibility index (Phi) is 6.65. The van der Waals surface area contributed by atoms with Gasteiger partial charge in [0, 0.05) is 36.4 Å². The fourth-order valence-corrected chi connectivity index (χ4v) is 4.63. The van der Waals surface area contributed by atoms with E-state index in [1.807, 2.05) is 23.7 Å². The molecule has 1 fully saturated rings. The molecule has 0 saturated carbocycles. The molecule has 2 aromatic heterocycles. The molecule has 9 heteroatoms. The fourth-order valence-electron chi connectivity index (χ4n) is 4.63. The summed E-state index contributed by atoms with van der Waals surface area (Å²) in [5, 5.41) is 9.26. The fraction of sp³-hybridized carbons (Fsp3) is 0.296. The lowest BCUT2D eigenvalue weighted by atomic mass is 9.93. The Morgan fingerprint density at radius 3 is 2.64 bits per heavy atom. The minimum atomic E-state index is -0.951. The number of imidazole rings is 1. The maximum Gasteiger partial charge on any atom is 0.335 e. The number of rotatable bonds is 7. The number of fused-ring (bicyclic) bond motifs is 1. The Hall–Kier alpha value is -3.85. The molecule has 3 heterocycles. The van der Waals surface area contributed by atoms with Crippen LogP contribution in [0, 0.1) is 11.6 Å². The quantitative estimate of drug-likeness (QED) is 0.395. The number of carboxylic acids is 1.